The molecule has 0 saturated heterocycles. The first-order valence-electron chi connectivity index (χ1n) is 10.2. The van der Waals surface area contributed by atoms with Crippen LogP contribution >= 0.6 is 0 Å². The van der Waals surface area contributed by atoms with Gasteiger partial charge in [0.2, 0.25) is 0 Å². The molecule has 0 radical (unpaired) electrons. The number of rotatable bonds is 3. The Labute approximate surface area is 203 Å². The van der Waals surface area contributed by atoms with Crippen LogP contribution in [0.15, 0.2) is 91.4 Å². The Kier molecular flexibility index (Phi) is 7.97. The summed E-state index contributed by atoms with van der Waals surface area (Å²) >= 11 is 0. The molecule has 2 heterocycles. The predicted molar refractivity (Wildman–Crippen MR) is 125 cm³/mol. The fourth-order valence-corrected chi connectivity index (χ4v) is 3.44. The third-order valence-corrected chi connectivity index (χ3v) is 4.83. The summed E-state index contributed by atoms with van der Waals surface area (Å²) in [7, 11) is 1.97. The van der Waals surface area contributed by atoms with Crippen LogP contribution in [-0.2, 0) is 28.1 Å². The molecule has 0 spiro atoms. The van der Waals surface area contributed by atoms with Crippen LogP contribution < -0.4 is 0 Å². The number of hydrogen-bond donors (Lipinski definition) is 0. The molecule has 162 valence electrons. The Bertz CT molecular complexity index is 1260. The van der Waals surface area contributed by atoms with E-state index in [1.165, 1.54) is 5.56 Å². The number of imidazole rings is 1. The molecule has 2 aromatic heterocycles. The second-order valence-electron chi connectivity index (χ2n) is 7.34. The van der Waals surface area contributed by atoms with Crippen molar-refractivity contribution < 1.29 is 21.1 Å². The third-order valence-electron chi connectivity index (χ3n) is 4.83. The first-order chi connectivity index (χ1) is 15.1. The maximum Gasteiger partial charge on any atom is 2.00 e. The van der Waals surface area contributed by atoms with E-state index in [4.69, 9.17) is 0 Å². The van der Waals surface area contributed by atoms with Gasteiger partial charge in [0.25, 0.3) is 0 Å². The second-order valence-corrected chi connectivity index (χ2v) is 7.34. The first-order valence-corrected chi connectivity index (χ1v) is 10.2. The van der Waals surface area contributed by atoms with E-state index in [1.807, 2.05) is 97.3 Å². The summed E-state index contributed by atoms with van der Waals surface area (Å²) in [5, 5.41) is 4.37. The Hall–Kier alpha value is -3.23. The summed E-state index contributed by atoms with van der Waals surface area (Å²) in [5.41, 5.74) is 7.52. The zero-order valence-electron chi connectivity index (χ0n) is 18.3. The molecule has 0 aliphatic rings. The summed E-state index contributed by atoms with van der Waals surface area (Å²) in [6, 6.07) is 32.7. The summed E-state index contributed by atoms with van der Waals surface area (Å²) in [6.45, 7) is 4.04. The predicted octanol–water partition coefficient (Wildman–Crippen LogP) is 5.84. The monoisotopic (exact) mass is 599 g/mol. The number of para-hydroxylation sites is 1. The number of aryl methyl sites for hydroxylation is 3. The van der Waals surface area contributed by atoms with Gasteiger partial charge in [0.05, 0.1) is 12.0 Å². The molecule has 5 rings (SSSR count). The molecule has 0 aliphatic heterocycles. The van der Waals surface area contributed by atoms with Gasteiger partial charge in [-0.15, -0.1) is 35.9 Å². The number of nitrogens with zero attached hydrogens (tertiary/aromatic N) is 4. The van der Waals surface area contributed by atoms with Gasteiger partial charge >= 0.3 is 21.1 Å². The van der Waals surface area contributed by atoms with Crippen molar-refractivity contribution in [2.45, 2.75) is 13.8 Å². The van der Waals surface area contributed by atoms with Gasteiger partial charge in [0.1, 0.15) is 0 Å². The molecule has 0 unspecified atom stereocenters. The van der Waals surface area contributed by atoms with E-state index in [-0.39, 0.29) is 21.1 Å². The fourth-order valence-electron chi connectivity index (χ4n) is 3.44. The molecule has 0 amide bonds. The minimum absolute atomic E-state index is 0. The smallest absolute Gasteiger partial charge is 0.350 e. The average molecular weight is 600 g/mol. The van der Waals surface area contributed by atoms with Crippen molar-refractivity contribution in [2.24, 2.45) is 7.05 Å². The van der Waals surface area contributed by atoms with E-state index in [0.717, 1.165) is 33.9 Å². The van der Waals surface area contributed by atoms with Crippen molar-refractivity contribution in [1.82, 2.24) is 19.3 Å². The van der Waals surface area contributed by atoms with E-state index in [2.05, 4.69) is 46.5 Å². The molecule has 0 N–H and O–H groups in total. The molecule has 0 aliphatic carbocycles. The van der Waals surface area contributed by atoms with Gasteiger partial charge in [-0.3, -0.25) is 9.67 Å². The largest absolute Gasteiger partial charge is 2.00 e. The molecular weight excluding hydrogens is 575 g/mol. The SMILES string of the molecule is Cc1cc(C)n(-c2[c-]cccc2)n1.Cn1cnc(-c2[c-]cccc2-c2ccccc2)c1.[Pt+2]. The Balaban J connectivity index is 0.000000184. The van der Waals surface area contributed by atoms with Crippen molar-refractivity contribution in [3.8, 4) is 28.1 Å². The van der Waals surface area contributed by atoms with Crippen molar-refractivity contribution in [3.05, 3.63) is 115 Å². The molecule has 4 nitrogen and oxygen atoms in total. The molecule has 3 aromatic carbocycles. The van der Waals surface area contributed by atoms with Crippen molar-refractivity contribution in [3.63, 3.8) is 0 Å². The Morgan fingerprint density at radius 2 is 1.59 bits per heavy atom. The normalized spacial score (nSPS) is 10.1. The van der Waals surface area contributed by atoms with Gasteiger partial charge in [0.15, 0.2) is 0 Å². The van der Waals surface area contributed by atoms with Crippen LogP contribution in [0.4, 0.5) is 0 Å². The van der Waals surface area contributed by atoms with Gasteiger partial charge in [-0.1, -0.05) is 41.5 Å². The number of hydrogen-bond acceptors (Lipinski definition) is 2. The maximum absolute atomic E-state index is 4.40. The van der Waals surface area contributed by atoms with E-state index in [1.54, 1.807) is 0 Å². The summed E-state index contributed by atoms with van der Waals surface area (Å²) in [6.07, 6.45) is 3.82. The molecule has 0 atom stereocenters. The van der Waals surface area contributed by atoms with Gasteiger partial charge in [-0.05, 0) is 31.8 Å². The zero-order chi connectivity index (χ0) is 21.6. The van der Waals surface area contributed by atoms with Gasteiger partial charge < -0.3 is 4.57 Å². The number of benzene rings is 3. The number of aromatic nitrogens is 4. The van der Waals surface area contributed by atoms with Crippen LogP contribution in [0, 0.1) is 26.0 Å². The summed E-state index contributed by atoms with van der Waals surface area (Å²) in [4.78, 5) is 4.40. The molecule has 32 heavy (non-hydrogen) atoms. The second kappa shape index (κ2) is 10.9. The van der Waals surface area contributed by atoms with Crippen LogP contribution in [0.25, 0.3) is 28.1 Å². The van der Waals surface area contributed by atoms with Crippen LogP contribution in [0.5, 0.6) is 0 Å². The van der Waals surface area contributed by atoms with Crippen LogP contribution in [0.3, 0.4) is 0 Å². The van der Waals surface area contributed by atoms with Crippen molar-refractivity contribution >= 4 is 0 Å². The van der Waals surface area contributed by atoms with E-state index < -0.39 is 0 Å². The molecule has 0 bridgehead atoms. The molecular formula is C27H24N4Pt. The first kappa shape index (κ1) is 23.4. The van der Waals surface area contributed by atoms with Gasteiger partial charge in [-0.2, -0.15) is 29.4 Å². The molecule has 0 fully saturated rings. The van der Waals surface area contributed by atoms with E-state index in [9.17, 15) is 0 Å². The molecule has 5 aromatic rings. The fraction of sp³-hybridized carbons (Fsp3) is 0.111. The van der Waals surface area contributed by atoms with Crippen LogP contribution in [-0.4, -0.2) is 19.3 Å². The van der Waals surface area contributed by atoms with Crippen LogP contribution in [0.1, 0.15) is 11.4 Å². The minimum atomic E-state index is 0. The van der Waals surface area contributed by atoms with Crippen molar-refractivity contribution in [2.75, 3.05) is 0 Å². The topological polar surface area (TPSA) is 35.6 Å². The van der Waals surface area contributed by atoms with Gasteiger partial charge in [-0.25, -0.2) is 0 Å². The van der Waals surface area contributed by atoms with E-state index >= 15 is 0 Å². The standard InChI is InChI=1S/C16H13N2.C11H11N2.Pt/c1-18-11-16(17-12-18)15-10-6-5-9-14(15)13-7-3-2-4-8-13;1-9-8-10(2)13(12-9)11-6-4-3-5-7-11;/h2-9,11-12H,1H3;3-6,8H,1-2H3;/q2*-1;+2. The Morgan fingerprint density at radius 1 is 0.844 bits per heavy atom. The van der Waals surface area contributed by atoms with Gasteiger partial charge in [0, 0.05) is 18.4 Å². The zero-order valence-corrected chi connectivity index (χ0v) is 20.5. The maximum atomic E-state index is 4.40. The minimum Gasteiger partial charge on any atom is -0.350 e. The average Bonchev–Trinajstić information content (AvgIpc) is 3.40. The molecule has 0 saturated carbocycles. The van der Waals surface area contributed by atoms with Crippen LogP contribution in [0.2, 0.25) is 0 Å². The van der Waals surface area contributed by atoms with E-state index in [0.29, 0.717) is 0 Å². The third kappa shape index (κ3) is 5.52. The van der Waals surface area contributed by atoms with Crippen molar-refractivity contribution in [1.29, 1.82) is 0 Å². The summed E-state index contributed by atoms with van der Waals surface area (Å²) < 4.78 is 3.85. The quantitative estimate of drug-likeness (QED) is 0.245. The molecule has 5 heteroatoms. The summed E-state index contributed by atoms with van der Waals surface area (Å²) in [5.74, 6) is 0. The Morgan fingerprint density at radius 3 is 2.22 bits per heavy atom.